The molecule has 5 nitrogen and oxygen atoms in total. The lowest BCUT2D eigenvalue weighted by atomic mass is 10.3. The Labute approximate surface area is 70.3 Å². The second kappa shape index (κ2) is 3.83. The van der Waals surface area contributed by atoms with Crippen LogP contribution in [0.4, 0.5) is 0 Å². The second-order valence-electron chi connectivity index (χ2n) is 2.46. The molecule has 1 N–H and O–H groups in total. The fourth-order valence-electron chi connectivity index (χ4n) is 0.779. The van der Waals surface area contributed by atoms with Gasteiger partial charge in [0, 0.05) is 0 Å². The van der Waals surface area contributed by atoms with Crippen LogP contribution in [0.1, 0.15) is 19.2 Å². The van der Waals surface area contributed by atoms with Crippen molar-refractivity contribution in [1.82, 2.24) is 14.8 Å². The summed E-state index contributed by atoms with van der Waals surface area (Å²) in [4.78, 5) is 3.70. The molecule has 64 valence electrons. The van der Waals surface area contributed by atoms with E-state index in [-0.39, 0.29) is 5.82 Å². The summed E-state index contributed by atoms with van der Waals surface area (Å²) in [6.07, 6.45) is 1.69. The molecule has 0 bridgehead atoms. The molecule has 0 aliphatic rings. The van der Waals surface area contributed by atoms with E-state index >= 15 is 0 Å². The van der Waals surface area contributed by atoms with E-state index in [4.69, 9.17) is 5.26 Å². The summed E-state index contributed by atoms with van der Waals surface area (Å²) in [6.45, 7) is 2.28. The van der Waals surface area contributed by atoms with E-state index in [2.05, 4.69) is 10.1 Å². The lowest BCUT2D eigenvalue weighted by Crippen LogP contribution is -2.15. The number of hydrogen-bond acceptors (Lipinski definition) is 4. The van der Waals surface area contributed by atoms with Crippen LogP contribution in [0, 0.1) is 11.3 Å². The fourth-order valence-corrected chi connectivity index (χ4v) is 0.779. The highest BCUT2D eigenvalue weighted by Gasteiger charge is 2.03. The number of aromatic nitrogens is 3. The molecule has 1 rings (SSSR count). The maximum Gasteiger partial charge on any atom is 0.252 e. The van der Waals surface area contributed by atoms with E-state index < -0.39 is 6.10 Å². The minimum atomic E-state index is -0.418. The van der Waals surface area contributed by atoms with Crippen molar-refractivity contribution in [3.05, 3.63) is 12.2 Å². The van der Waals surface area contributed by atoms with Crippen molar-refractivity contribution < 1.29 is 5.11 Å². The number of aliphatic hydroxyl groups is 1. The molecule has 0 aliphatic carbocycles. The summed E-state index contributed by atoms with van der Waals surface area (Å²) in [6, 6.07) is 1.81. The zero-order valence-electron chi connectivity index (χ0n) is 6.80. The summed E-state index contributed by atoms with van der Waals surface area (Å²) < 4.78 is 1.46. The summed E-state index contributed by atoms with van der Waals surface area (Å²) in [7, 11) is 0. The quantitative estimate of drug-likeness (QED) is 0.681. The third-order valence-corrected chi connectivity index (χ3v) is 1.51. The molecule has 1 heterocycles. The monoisotopic (exact) mass is 166 g/mol. The largest absolute Gasteiger partial charge is 0.391 e. The van der Waals surface area contributed by atoms with Crippen LogP contribution in [0.2, 0.25) is 0 Å². The van der Waals surface area contributed by atoms with E-state index in [0.29, 0.717) is 13.0 Å². The van der Waals surface area contributed by atoms with Crippen LogP contribution in [0.15, 0.2) is 6.33 Å². The van der Waals surface area contributed by atoms with Crippen LogP contribution in [-0.2, 0) is 6.54 Å². The van der Waals surface area contributed by atoms with Crippen LogP contribution >= 0.6 is 0 Å². The van der Waals surface area contributed by atoms with Crippen molar-refractivity contribution in [2.24, 2.45) is 0 Å². The molecular formula is C7H10N4O. The third-order valence-electron chi connectivity index (χ3n) is 1.51. The SMILES string of the molecule is CC[C@@H](O)Cn1cnc(C#N)n1. The molecule has 0 spiro atoms. The highest BCUT2D eigenvalue weighted by Crippen LogP contribution is 1.94. The normalized spacial score (nSPS) is 12.4. The van der Waals surface area contributed by atoms with E-state index in [0.717, 1.165) is 0 Å². The molecular weight excluding hydrogens is 156 g/mol. The highest BCUT2D eigenvalue weighted by molar-refractivity contribution is 5.05. The van der Waals surface area contributed by atoms with Crippen molar-refractivity contribution in [2.45, 2.75) is 26.0 Å². The van der Waals surface area contributed by atoms with Gasteiger partial charge in [0.2, 0.25) is 0 Å². The maximum atomic E-state index is 9.22. The average Bonchev–Trinajstić information content (AvgIpc) is 2.52. The molecule has 1 aromatic rings. The number of hydrogen-bond donors (Lipinski definition) is 1. The van der Waals surface area contributed by atoms with Gasteiger partial charge < -0.3 is 5.11 Å². The molecule has 1 aromatic heterocycles. The zero-order valence-corrected chi connectivity index (χ0v) is 6.80. The maximum absolute atomic E-state index is 9.22. The molecule has 0 amide bonds. The van der Waals surface area contributed by atoms with Gasteiger partial charge in [-0.05, 0) is 6.42 Å². The third kappa shape index (κ3) is 2.04. The zero-order chi connectivity index (χ0) is 8.97. The van der Waals surface area contributed by atoms with Gasteiger partial charge in [0.15, 0.2) is 0 Å². The average molecular weight is 166 g/mol. The summed E-state index contributed by atoms with van der Waals surface area (Å²) in [5.41, 5.74) is 0. The molecule has 0 radical (unpaired) electrons. The molecule has 0 saturated carbocycles. The summed E-state index contributed by atoms with van der Waals surface area (Å²) in [5.74, 6) is 0.137. The molecule has 1 atom stereocenters. The Morgan fingerprint density at radius 1 is 1.83 bits per heavy atom. The van der Waals surface area contributed by atoms with E-state index in [1.807, 2.05) is 13.0 Å². The molecule has 0 aliphatic heterocycles. The van der Waals surface area contributed by atoms with Crippen LogP contribution < -0.4 is 0 Å². The van der Waals surface area contributed by atoms with Gasteiger partial charge in [-0.3, -0.25) is 0 Å². The predicted octanol–water partition coefficient (Wildman–Crippen LogP) is -0.0793. The van der Waals surface area contributed by atoms with Gasteiger partial charge in [0.1, 0.15) is 12.4 Å². The predicted molar refractivity (Wildman–Crippen MR) is 41.0 cm³/mol. The number of rotatable bonds is 3. The fraction of sp³-hybridized carbons (Fsp3) is 0.571. The number of nitrogens with zero attached hydrogens (tertiary/aromatic N) is 4. The van der Waals surface area contributed by atoms with Crippen LogP contribution in [0.3, 0.4) is 0 Å². The Hall–Kier alpha value is -1.41. The van der Waals surface area contributed by atoms with Gasteiger partial charge in [-0.15, -0.1) is 5.10 Å². The van der Waals surface area contributed by atoms with Crippen LogP contribution in [-0.4, -0.2) is 26.0 Å². The molecule has 5 heteroatoms. The van der Waals surface area contributed by atoms with Crippen molar-refractivity contribution >= 4 is 0 Å². The first-order chi connectivity index (χ1) is 5.76. The minimum absolute atomic E-state index is 0.137. The van der Waals surface area contributed by atoms with Crippen LogP contribution in [0.5, 0.6) is 0 Å². The van der Waals surface area contributed by atoms with E-state index in [1.54, 1.807) is 0 Å². The van der Waals surface area contributed by atoms with E-state index in [1.165, 1.54) is 11.0 Å². The van der Waals surface area contributed by atoms with Gasteiger partial charge in [-0.2, -0.15) is 5.26 Å². The van der Waals surface area contributed by atoms with Crippen molar-refractivity contribution in [3.63, 3.8) is 0 Å². The smallest absolute Gasteiger partial charge is 0.252 e. The van der Waals surface area contributed by atoms with Gasteiger partial charge in [0.25, 0.3) is 5.82 Å². The summed E-state index contributed by atoms with van der Waals surface area (Å²) in [5, 5.41) is 21.4. The van der Waals surface area contributed by atoms with Gasteiger partial charge in [0.05, 0.1) is 12.6 Å². The Morgan fingerprint density at radius 3 is 3.08 bits per heavy atom. The number of nitriles is 1. The summed E-state index contributed by atoms with van der Waals surface area (Å²) >= 11 is 0. The standard InChI is InChI=1S/C7H10N4O/c1-2-6(12)4-11-5-9-7(3-8)10-11/h5-6,12H,2,4H2,1H3/t6-/m1/s1. The Kier molecular flexibility index (Phi) is 2.77. The van der Waals surface area contributed by atoms with Crippen molar-refractivity contribution in [2.75, 3.05) is 0 Å². The lowest BCUT2D eigenvalue weighted by molar-refractivity contribution is 0.145. The number of aliphatic hydroxyl groups excluding tert-OH is 1. The first kappa shape index (κ1) is 8.68. The molecule has 0 aromatic carbocycles. The Morgan fingerprint density at radius 2 is 2.58 bits per heavy atom. The highest BCUT2D eigenvalue weighted by atomic mass is 16.3. The topological polar surface area (TPSA) is 74.7 Å². The molecule has 0 unspecified atom stereocenters. The first-order valence-electron chi connectivity index (χ1n) is 3.74. The Bertz CT molecular complexity index is 288. The van der Waals surface area contributed by atoms with Crippen molar-refractivity contribution in [3.8, 4) is 6.07 Å². The van der Waals surface area contributed by atoms with Gasteiger partial charge >= 0.3 is 0 Å². The molecule has 0 fully saturated rings. The second-order valence-corrected chi connectivity index (χ2v) is 2.46. The Balaban J connectivity index is 2.59. The molecule has 0 saturated heterocycles. The van der Waals surface area contributed by atoms with Gasteiger partial charge in [-0.1, -0.05) is 6.92 Å². The van der Waals surface area contributed by atoms with Crippen molar-refractivity contribution in [1.29, 1.82) is 5.26 Å². The van der Waals surface area contributed by atoms with E-state index in [9.17, 15) is 5.11 Å². The minimum Gasteiger partial charge on any atom is -0.391 e. The first-order valence-corrected chi connectivity index (χ1v) is 3.74. The molecule has 12 heavy (non-hydrogen) atoms. The van der Waals surface area contributed by atoms with Gasteiger partial charge in [-0.25, -0.2) is 9.67 Å². The lowest BCUT2D eigenvalue weighted by Gasteiger charge is -2.05. The van der Waals surface area contributed by atoms with Crippen LogP contribution in [0.25, 0.3) is 0 Å².